The van der Waals surface area contributed by atoms with Crippen molar-refractivity contribution in [2.75, 3.05) is 0 Å². The Labute approximate surface area is 58.6 Å². The molecule has 4 heteroatoms. The van der Waals surface area contributed by atoms with Gasteiger partial charge in [0.15, 0.2) is 0 Å². The molecule has 0 bridgehead atoms. The molecule has 0 saturated heterocycles. The molecule has 0 spiro atoms. The molecule has 0 atom stereocenters. The summed E-state index contributed by atoms with van der Waals surface area (Å²) in [5.41, 5.74) is 0. The van der Waals surface area contributed by atoms with Gasteiger partial charge in [-0.05, 0) is 0 Å². The van der Waals surface area contributed by atoms with E-state index in [2.05, 4.69) is 4.74 Å². The van der Waals surface area contributed by atoms with Crippen molar-refractivity contribution in [2.45, 2.75) is 19.4 Å². The summed E-state index contributed by atoms with van der Waals surface area (Å²) in [5, 5.41) is 16.2. The first-order valence-electron chi connectivity index (χ1n) is 2.73. The Balaban J connectivity index is 3.81. The fraction of sp³-hybridized carbons (Fsp3) is 0.500. The van der Waals surface area contributed by atoms with Gasteiger partial charge in [-0.15, -0.1) is 0 Å². The number of carbonyl (C=O) groups is 1. The van der Waals surface area contributed by atoms with Crippen LogP contribution in [0.2, 0.25) is 0 Å². The van der Waals surface area contributed by atoms with Crippen LogP contribution in [0.15, 0.2) is 0 Å². The standard InChI is InChI=1S/C6H6N2O2/c1-2-6(9)10-5(3-7)4-8/h5H,2H2,1H3. The maximum atomic E-state index is 10.4. The maximum absolute atomic E-state index is 10.4. The second kappa shape index (κ2) is 4.34. The van der Waals surface area contributed by atoms with Crippen LogP contribution in [0.25, 0.3) is 0 Å². The highest BCUT2D eigenvalue weighted by Crippen LogP contribution is 1.91. The van der Waals surface area contributed by atoms with Crippen LogP contribution in [-0.4, -0.2) is 12.1 Å². The van der Waals surface area contributed by atoms with Crippen molar-refractivity contribution in [1.29, 1.82) is 10.5 Å². The number of ether oxygens (including phenoxy) is 1. The summed E-state index contributed by atoms with van der Waals surface area (Å²) in [7, 11) is 0. The molecule has 0 unspecified atom stereocenters. The van der Waals surface area contributed by atoms with Crippen LogP contribution in [0, 0.1) is 22.7 Å². The molecule has 52 valence electrons. The van der Waals surface area contributed by atoms with Crippen molar-refractivity contribution in [2.24, 2.45) is 0 Å². The Bertz CT molecular complexity index is 185. The first-order valence-corrected chi connectivity index (χ1v) is 2.73. The molecule has 0 N–H and O–H groups in total. The summed E-state index contributed by atoms with van der Waals surface area (Å²) in [6.07, 6.45) is -1.08. The number of esters is 1. The van der Waals surface area contributed by atoms with Crippen molar-refractivity contribution < 1.29 is 9.53 Å². The highest BCUT2D eigenvalue weighted by atomic mass is 16.5. The van der Waals surface area contributed by atoms with E-state index in [0.717, 1.165) is 0 Å². The van der Waals surface area contributed by atoms with Gasteiger partial charge in [-0.1, -0.05) is 6.92 Å². The third-order valence-corrected chi connectivity index (χ3v) is 0.772. The van der Waals surface area contributed by atoms with E-state index in [0.29, 0.717) is 0 Å². The Morgan fingerprint density at radius 2 is 2.10 bits per heavy atom. The van der Waals surface area contributed by atoms with E-state index in [9.17, 15) is 4.79 Å². The largest absolute Gasteiger partial charge is 0.432 e. The van der Waals surface area contributed by atoms with Gasteiger partial charge < -0.3 is 4.74 Å². The molecular weight excluding hydrogens is 132 g/mol. The summed E-state index contributed by atoms with van der Waals surface area (Å²) >= 11 is 0. The van der Waals surface area contributed by atoms with Gasteiger partial charge in [-0.2, -0.15) is 10.5 Å². The van der Waals surface area contributed by atoms with Gasteiger partial charge in [-0.3, -0.25) is 4.79 Å². The Morgan fingerprint density at radius 1 is 1.60 bits per heavy atom. The highest BCUT2D eigenvalue weighted by Gasteiger charge is 2.08. The Morgan fingerprint density at radius 3 is 2.40 bits per heavy atom. The lowest BCUT2D eigenvalue weighted by atomic mass is 10.4. The molecule has 0 saturated carbocycles. The molecule has 0 amide bonds. The smallest absolute Gasteiger partial charge is 0.307 e. The van der Waals surface area contributed by atoms with Crippen molar-refractivity contribution in [3.63, 3.8) is 0 Å². The molecule has 0 rings (SSSR count). The summed E-state index contributed by atoms with van der Waals surface area (Å²) in [5.74, 6) is -0.534. The van der Waals surface area contributed by atoms with E-state index in [4.69, 9.17) is 10.5 Å². The number of rotatable bonds is 2. The van der Waals surface area contributed by atoms with Crippen molar-refractivity contribution in [3.8, 4) is 12.1 Å². The molecular formula is C6H6N2O2. The van der Waals surface area contributed by atoms with Gasteiger partial charge in [0.2, 0.25) is 0 Å². The molecule has 0 heterocycles. The quantitative estimate of drug-likeness (QED) is 0.516. The summed E-state index contributed by atoms with van der Waals surface area (Å²) in [6, 6.07) is 3.03. The van der Waals surface area contributed by atoms with Gasteiger partial charge in [0, 0.05) is 6.42 Å². The average molecular weight is 138 g/mol. The lowest BCUT2D eigenvalue weighted by Crippen LogP contribution is -2.12. The van der Waals surface area contributed by atoms with Crippen LogP contribution >= 0.6 is 0 Å². The lowest BCUT2D eigenvalue weighted by Gasteiger charge is -1.99. The minimum absolute atomic E-state index is 0.180. The first-order chi connectivity index (χ1) is 4.74. The minimum atomic E-state index is -1.26. The molecule has 0 aliphatic carbocycles. The number of hydrogen-bond acceptors (Lipinski definition) is 4. The van der Waals surface area contributed by atoms with Crippen LogP contribution in [0.5, 0.6) is 0 Å². The molecule has 4 nitrogen and oxygen atoms in total. The number of nitriles is 2. The van der Waals surface area contributed by atoms with Gasteiger partial charge >= 0.3 is 5.97 Å². The molecule has 0 aromatic heterocycles. The molecule has 0 aromatic rings. The van der Waals surface area contributed by atoms with Crippen molar-refractivity contribution in [1.82, 2.24) is 0 Å². The second-order valence-electron chi connectivity index (χ2n) is 1.48. The molecule has 0 radical (unpaired) electrons. The number of carbonyl (C=O) groups excluding carboxylic acids is 1. The molecule has 10 heavy (non-hydrogen) atoms. The normalized spacial score (nSPS) is 8.00. The van der Waals surface area contributed by atoms with Crippen LogP contribution in [0.3, 0.4) is 0 Å². The highest BCUT2D eigenvalue weighted by molar-refractivity contribution is 5.69. The monoisotopic (exact) mass is 138 g/mol. The third-order valence-electron chi connectivity index (χ3n) is 0.772. The summed E-state index contributed by atoms with van der Waals surface area (Å²) in [4.78, 5) is 10.4. The topological polar surface area (TPSA) is 73.9 Å². The minimum Gasteiger partial charge on any atom is -0.432 e. The van der Waals surface area contributed by atoms with Crippen molar-refractivity contribution >= 4 is 5.97 Å². The predicted molar refractivity (Wildman–Crippen MR) is 31.4 cm³/mol. The zero-order valence-corrected chi connectivity index (χ0v) is 5.50. The predicted octanol–water partition coefficient (Wildman–Crippen LogP) is 0.355. The SMILES string of the molecule is CCC(=O)OC(C#N)C#N. The van der Waals surface area contributed by atoms with Crippen LogP contribution in [0.4, 0.5) is 0 Å². The van der Waals surface area contributed by atoms with E-state index >= 15 is 0 Å². The van der Waals surface area contributed by atoms with Gasteiger partial charge in [0.05, 0.1) is 0 Å². The van der Waals surface area contributed by atoms with Crippen LogP contribution < -0.4 is 0 Å². The zero-order valence-electron chi connectivity index (χ0n) is 5.50. The fourth-order valence-electron chi connectivity index (χ4n) is 0.296. The Kier molecular flexibility index (Phi) is 3.67. The van der Waals surface area contributed by atoms with Crippen molar-refractivity contribution in [3.05, 3.63) is 0 Å². The summed E-state index contributed by atoms with van der Waals surface area (Å²) < 4.78 is 4.34. The average Bonchev–Trinajstić information content (AvgIpc) is 1.99. The van der Waals surface area contributed by atoms with E-state index in [1.54, 1.807) is 6.92 Å². The molecule has 0 aliphatic heterocycles. The van der Waals surface area contributed by atoms with Crippen LogP contribution in [0.1, 0.15) is 13.3 Å². The third kappa shape index (κ3) is 2.68. The Hall–Kier alpha value is -1.55. The van der Waals surface area contributed by atoms with E-state index in [-0.39, 0.29) is 6.42 Å². The van der Waals surface area contributed by atoms with E-state index in [1.807, 2.05) is 0 Å². The number of hydrogen-bond donors (Lipinski definition) is 0. The van der Waals surface area contributed by atoms with E-state index in [1.165, 1.54) is 12.1 Å². The number of nitrogens with zero attached hydrogens (tertiary/aromatic N) is 2. The molecule has 0 aromatic carbocycles. The fourth-order valence-corrected chi connectivity index (χ4v) is 0.296. The van der Waals surface area contributed by atoms with Crippen LogP contribution in [-0.2, 0) is 9.53 Å². The summed E-state index contributed by atoms with van der Waals surface area (Å²) in [6.45, 7) is 1.59. The van der Waals surface area contributed by atoms with Gasteiger partial charge in [0.1, 0.15) is 12.1 Å². The zero-order chi connectivity index (χ0) is 7.98. The second-order valence-corrected chi connectivity index (χ2v) is 1.48. The first kappa shape index (κ1) is 8.45. The molecule has 0 aliphatic rings. The van der Waals surface area contributed by atoms with Gasteiger partial charge in [0.25, 0.3) is 6.10 Å². The maximum Gasteiger partial charge on any atom is 0.307 e. The van der Waals surface area contributed by atoms with Gasteiger partial charge in [-0.25, -0.2) is 0 Å². The lowest BCUT2D eigenvalue weighted by molar-refractivity contribution is -0.144. The van der Waals surface area contributed by atoms with E-state index < -0.39 is 12.1 Å². The molecule has 0 fully saturated rings.